The normalized spacial score (nSPS) is 24.6. The van der Waals surface area contributed by atoms with Gasteiger partial charge < -0.3 is 0 Å². The molecule has 1 saturated heterocycles. The van der Waals surface area contributed by atoms with Crippen LogP contribution in [0.15, 0.2) is 12.1 Å². The summed E-state index contributed by atoms with van der Waals surface area (Å²) < 4.78 is 0. The molecule has 0 radical (unpaired) electrons. The fourth-order valence-corrected chi connectivity index (χ4v) is 4.78. The van der Waals surface area contributed by atoms with Gasteiger partial charge in [-0.05, 0) is 56.7 Å². The van der Waals surface area contributed by atoms with Crippen LogP contribution in [0.5, 0.6) is 0 Å². The monoisotopic (exact) mass is 291 g/mol. The Morgan fingerprint density at radius 1 is 1.25 bits per heavy atom. The van der Waals surface area contributed by atoms with E-state index in [-0.39, 0.29) is 0 Å². The van der Waals surface area contributed by atoms with Gasteiger partial charge in [-0.15, -0.1) is 11.3 Å². The van der Waals surface area contributed by atoms with E-state index in [4.69, 9.17) is 0 Å². The Morgan fingerprint density at radius 3 is 2.75 bits per heavy atom. The standard InChI is InChI=1S/C17H25NOS/c1-2-14-9-10-17(20-14)16(19)12-18-11-5-8-15(18)13-6-3-4-7-13/h9-10,13,15H,2-8,11-12H2,1H3. The Labute approximate surface area is 126 Å². The lowest BCUT2D eigenvalue weighted by Gasteiger charge is -2.28. The van der Waals surface area contributed by atoms with Gasteiger partial charge in [-0.2, -0.15) is 0 Å². The van der Waals surface area contributed by atoms with Gasteiger partial charge >= 0.3 is 0 Å². The molecule has 20 heavy (non-hydrogen) atoms. The molecule has 0 spiro atoms. The average molecular weight is 291 g/mol. The number of rotatable bonds is 5. The maximum absolute atomic E-state index is 12.5. The Balaban J connectivity index is 1.62. The van der Waals surface area contributed by atoms with E-state index in [0.29, 0.717) is 18.4 Å². The molecule has 0 N–H and O–H groups in total. The van der Waals surface area contributed by atoms with Crippen LogP contribution in [0.4, 0.5) is 0 Å². The molecular formula is C17H25NOS. The molecule has 1 aliphatic carbocycles. The molecule has 1 aromatic rings. The zero-order valence-corrected chi connectivity index (χ0v) is 13.3. The predicted molar refractivity (Wildman–Crippen MR) is 84.6 cm³/mol. The van der Waals surface area contributed by atoms with Crippen molar-refractivity contribution in [2.24, 2.45) is 5.92 Å². The highest BCUT2D eigenvalue weighted by Crippen LogP contribution is 2.35. The number of ketones is 1. The third-order valence-electron chi connectivity index (χ3n) is 4.99. The number of carbonyl (C=O) groups excluding carboxylic acids is 1. The summed E-state index contributed by atoms with van der Waals surface area (Å²) in [7, 11) is 0. The summed E-state index contributed by atoms with van der Waals surface area (Å²) in [6.07, 6.45) is 9.18. The molecule has 3 heteroatoms. The number of Topliss-reactive ketones (excluding diaryl/α,β-unsaturated/α-hetero) is 1. The topological polar surface area (TPSA) is 20.3 Å². The summed E-state index contributed by atoms with van der Waals surface area (Å²) in [5.74, 6) is 1.19. The highest BCUT2D eigenvalue weighted by Gasteiger charge is 2.34. The second kappa shape index (κ2) is 6.40. The molecule has 110 valence electrons. The Hall–Kier alpha value is -0.670. The number of likely N-dealkylation sites (tertiary alicyclic amines) is 1. The molecule has 2 fully saturated rings. The number of carbonyl (C=O) groups is 1. The van der Waals surface area contributed by atoms with Crippen molar-refractivity contribution in [3.05, 3.63) is 21.9 Å². The van der Waals surface area contributed by atoms with Crippen molar-refractivity contribution in [2.45, 2.75) is 57.9 Å². The van der Waals surface area contributed by atoms with E-state index in [1.165, 1.54) is 43.4 Å². The van der Waals surface area contributed by atoms with Gasteiger partial charge in [-0.1, -0.05) is 19.8 Å². The first-order chi connectivity index (χ1) is 9.78. The molecule has 2 nitrogen and oxygen atoms in total. The lowest BCUT2D eigenvalue weighted by atomic mass is 9.96. The minimum atomic E-state index is 0.333. The van der Waals surface area contributed by atoms with E-state index in [0.717, 1.165) is 23.8 Å². The maximum atomic E-state index is 12.5. The van der Waals surface area contributed by atoms with Gasteiger partial charge in [0.2, 0.25) is 0 Å². The quantitative estimate of drug-likeness (QED) is 0.760. The van der Waals surface area contributed by atoms with Gasteiger partial charge in [-0.3, -0.25) is 9.69 Å². The van der Waals surface area contributed by atoms with Crippen LogP contribution < -0.4 is 0 Å². The van der Waals surface area contributed by atoms with Crippen LogP contribution in [0.2, 0.25) is 0 Å². The van der Waals surface area contributed by atoms with Crippen LogP contribution in [0.3, 0.4) is 0 Å². The third-order valence-corrected chi connectivity index (χ3v) is 6.26. The van der Waals surface area contributed by atoms with Gasteiger partial charge in [0.15, 0.2) is 5.78 Å². The number of thiophene rings is 1. The van der Waals surface area contributed by atoms with Crippen molar-refractivity contribution in [2.75, 3.05) is 13.1 Å². The first-order valence-electron chi connectivity index (χ1n) is 8.14. The molecule has 1 unspecified atom stereocenters. The molecule has 1 saturated carbocycles. The molecule has 2 heterocycles. The molecule has 0 aromatic carbocycles. The highest BCUT2D eigenvalue weighted by molar-refractivity contribution is 7.14. The maximum Gasteiger partial charge on any atom is 0.186 e. The second-order valence-electron chi connectivity index (χ2n) is 6.27. The van der Waals surface area contributed by atoms with Crippen LogP contribution in [-0.4, -0.2) is 29.8 Å². The summed E-state index contributed by atoms with van der Waals surface area (Å²) in [5, 5.41) is 0. The molecule has 3 rings (SSSR count). The van der Waals surface area contributed by atoms with Gasteiger partial charge in [-0.25, -0.2) is 0 Å². The number of hydrogen-bond acceptors (Lipinski definition) is 3. The largest absolute Gasteiger partial charge is 0.293 e. The van der Waals surface area contributed by atoms with Crippen LogP contribution in [0, 0.1) is 5.92 Å². The van der Waals surface area contributed by atoms with E-state index < -0.39 is 0 Å². The molecular weight excluding hydrogens is 266 g/mol. The molecule has 0 amide bonds. The van der Waals surface area contributed by atoms with Crippen molar-refractivity contribution in [3.63, 3.8) is 0 Å². The van der Waals surface area contributed by atoms with Crippen LogP contribution >= 0.6 is 11.3 Å². The Morgan fingerprint density at radius 2 is 2.05 bits per heavy atom. The third kappa shape index (κ3) is 2.99. The zero-order chi connectivity index (χ0) is 13.9. The predicted octanol–water partition coefficient (Wildman–Crippen LogP) is 4.15. The van der Waals surface area contributed by atoms with Crippen LogP contribution in [-0.2, 0) is 6.42 Å². The second-order valence-corrected chi connectivity index (χ2v) is 7.44. The van der Waals surface area contributed by atoms with Gasteiger partial charge in [0.1, 0.15) is 0 Å². The van der Waals surface area contributed by atoms with Crippen molar-refractivity contribution in [1.29, 1.82) is 0 Å². The summed E-state index contributed by atoms with van der Waals surface area (Å²) >= 11 is 1.68. The molecule has 1 aromatic heterocycles. The van der Waals surface area contributed by atoms with Crippen molar-refractivity contribution < 1.29 is 4.79 Å². The average Bonchev–Trinajstić information content (AvgIpc) is 3.19. The highest BCUT2D eigenvalue weighted by atomic mass is 32.1. The zero-order valence-electron chi connectivity index (χ0n) is 12.4. The van der Waals surface area contributed by atoms with E-state index >= 15 is 0 Å². The van der Waals surface area contributed by atoms with Gasteiger partial charge in [0.25, 0.3) is 0 Å². The first kappa shape index (κ1) is 14.3. The Kier molecular flexibility index (Phi) is 4.57. The molecule has 0 bridgehead atoms. The smallest absolute Gasteiger partial charge is 0.186 e. The summed E-state index contributed by atoms with van der Waals surface area (Å²) in [4.78, 5) is 17.2. The van der Waals surface area contributed by atoms with Crippen molar-refractivity contribution >= 4 is 17.1 Å². The lowest BCUT2D eigenvalue weighted by Crippen LogP contribution is -2.38. The van der Waals surface area contributed by atoms with Crippen LogP contribution in [0.25, 0.3) is 0 Å². The number of nitrogens with zero attached hydrogens (tertiary/aromatic N) is 1. The summed E-state index contributed by atoms with van der Waals surface area (Å²) in [6, 6.07) is 4.81. The molecule has 1 aliphatic heterocycles. The van der Waals surface area contributed by atoms with Crippen LogP contribution in [0.1, 0.15) is 60.0 Å². The van der Waals surface area contributed by atoms with Gasteiger partial charge in [0, 0.05) is 10.9 Å². The van der Waals surface area contributed by atoms with Crippen molar-refractivity contribution in [1.82, 2.24) is 4.90 Å². The summed E-state index contributed by atoms with van der Waals surface area (Å²) in [6.45, 7) is 3.92. The van der Waals surface area contributed by atoms with E-state index in [1.807, 2.05) is 6.07 Å². The molecule has 2 aliphatic rings. The minimum absolute atomic E-state index is 0.333. The van der Waals surface area contributed by atoms with E-state index in [9.17, 15) is 4.79 Å². The lowest BCUT2D eigenvalue weighted by molar-refractivity contribution is 0.0900. The van der Waals surface area contributed by atoms with Crippen molar-refractivity contribution in [3.8, 4) is 0 Å². The fourth-order valence-electron chi connectivity index (χ4n) is 3.90. The molecule has 1 atom stereocenters. The SMILES string of the molecule is CCc1ccc(C(=O)CN2CCCC2C2CCCC2)s1. The van der Waals surface area contributed by atoms with Gasteiger partial charge in [0.05, 0.1) is 11.4 Å². The van der Waals surface area contributed by atoms with E-state index in [1.54, 1.807) is 11.3 Å². The Bertz CT molecular complexity index is 461. The fraction of sp³-hybridized carbons (Fsp3) is 0.706. The minimum Gasteiger partial charge on any atom is -0.293 e. The number of hydrogen-bond donors (Lipinski definition) is 0. The summed E-state index contributed by atoms with van der Waals surface area (Å²) in [5.41, 5.74) is 0. The number of aryl methyl sites for hydroxylation is 1. The first-order valence-corrected chi connectivity index (χ1v) is 8.95. The van der Waals surface area contributed by atoms with E-state index in [2.05, 4.69) is 17.9 Å².